The van der Waals surface area contributed by atoms with Gasteiger partial charge in [0.05, 0.1) is 6.07 Å². The van der Waals surface area contributed by atoms with Gasteiger partial charge in [0.1, 0.15) is 5.92 Å². The summed E-state index contributed by atoms with van der Waals surface area (Å²) >= 11 is 5.48. The van der Waals surface area contributed by atoms with E-state index in [-0.39, 0.29) is 5.78 Å². The van der Waals surface area contributed by atoms with Crippen molar-refractivity contribution in [3.63, 3.8) is 0 Å². The van der Waals surface area contributed by atoms with Crippen molar-refractivity contribution in [1.82, 2.24) is 0 Å². The Labute approximate surface area is 140 Å². The fourth-order valence-electron chi connectivity index (χ4n) is 1.98. The Kier molecular flexibility index (Phi) is 4.95. The molecule has 2 aromatic carbocycles. The molecule has 0 aliphatic rings. The first-order valence-corrected chi connectivity index (χ1v) is 7.85. The van der Waals surface area contributed by atoms with Crippen LogP contribution in [-0.4, -0.2) is 5.78 Å². The highest BCUT2D eigenvalue weighted by atomic mass is 127. The molecule has 2 aromatic rings. The van der Waals surface area contributed by atoms with Crippen LogP contribution in [0.25, 0.3) is 0 Å². The summed E-state index contributed by atoms with van der Waals surface area (Å²) in [6.07, 6.45) is 0. The van der Waals surface area contributed by atoms with Gasteiger partial charge >= 0.3 is 0 Å². The van der Waals surface area contributed by atoms with Gasteiger partial charge in [-0.1, -0.05) is 45.8 Å². The van der Waals surface area contributed by atoms with Crippen LogP contribution in [0.4, 0.5) is 0 Å². The maximum absolute atomic E-state index is 12.6. The van der Waals surface area contributed by atoms with Crippen molar-refractivity contribution in [3.05, 3.63) is 67.2 Å². The summed E-state index contributed by atoms with van der Waals surface area (Å²) in [7, 11) is 0. The average molecular weight is 440 g/mol. The number of rotatable bonds is 3. The lowest BCUT2D eigenvalue weighted by molar-refractivity contribution is 0.0978. The van der Waals surface area contributed by atoms with Gasteiger partial charge in [0.25, 0.3) is 0 Å². The van der Waals surface area contributed by atoms with E-state index in [2.05, 4.69) is 44.6 Å². The molecule has 20 heavy (non-hydrogen) atoms. The van der Waals surface area contributed by atoms with E-state index >= 15 is 0 Å². The van der Waals surface area contributed by atoms with Gasteiger partial charge < -0.3 is 0 Å². The topological polar surface area (TPSA) is 40.9 Å². The van der Waals surface area contributed by atoms with Crippen LogP contribution >= 0.6 is 38.5 Å². The van der Waals surface area contributed by atoms with Crippen LogP contribution in [-0.2, 0) is 0 Å². The molecule has 2 nitrogen and oxygen atoms in total. The Bertz CT molecular complexity index is 706. The zero-order chi connectivity index (χ0) is 14.7. The predicted molar refractivity (Wildman–Crippen MR) is 90.7 cm³/mol. The van der Waals surface area contributed by atoms with E-state index in [0.29, 0.717) is 5.56 Å². The third-order valence-electron chi connectivity index (χ3n) is 2.96. The Morgan fingerprint density at radius 2 is 2.05 bits per heavy atom. The summed E-state index contributed by atoms with van der Waals surface area (Å²) in [5, 5.41) is 9.38. The van der Waals surface area contributed by atoms with E-state index < -0.39 is 5.92 Å². The molecule has 1 atom stereocenters. The monoisotopic (exact) mass is 439 g/mol. The molecule has 2 rings (SSSR count). The van der Waals surface area contributed by atoms with Gasteiger partial charge in [-0.25, -0.2) is 0 Å². The first-order valence-electron chi connectivity index (χ1n) is 5.98. The molecule has 0 aromatic heterocycles. The molecule has 0 bridgehead atoms. The third kappa shape index (κ3) is 3.28. The number of hydrogen-bond acceptors (Lipinski definition) is 2. The minimum atomic E-state index is -0.766. The molecular formula is C16H11BrINO. The van der Waals surface area contributed by atoms with Crippen molar-refractivity contribution in [2.24, 2.45) is 0 Å². The molecule has 4 heteroatoms. The molecule has 1 unspecified atom stereocenters. The summed E-state index contributed by atoms with van der Waals surface area (Å²) in [4.78, 5) is 12.6. The quantitative estimate of drug-likeness (QED) is 0.506. The smallest absolute Gasteiger partial charge is 0.185 e. The standard InChI is InChI=1S/C16H11BrINO/c1-10-3-2-4-11(7-10)14(9-19)16(20)13-8-12(17)5-6-15(13)18/h2-8,14H,1H3. The molecule has 0 spiro atoms. The van der Waals surface area contributed by atoms with Crippen LogP contribution in [0.15, 0.2) is 46.9 Å². The highest BCUT2D eigenvalue weighted by Gasteiger charge is 2.23. The van der Waals surface area contributed by atoms with Crippen molar-refractivity contribution >= 4 is 44.3 Å². The van der Waals surface area contributed by atoms with Crippen molar-refractivity contribution in [2.75, 3.05) is 0 Å². The first kappa shape index (κ1) is 15.2. The summed E-state index contributed by atoms with van der Waals surface area (Å²) in [6.45, 7) is 1.95. The maximum atomic E-state index is 12.6. The van der Waals surface area contributed by atoms with Gasteiger partial charge in [0.15, 0.2) is 5.78 Å². The van der Waals surface area contributed by atoms with Gasteiger partial charge in [-0.15, -0.1) is 0 Å². The maximum Gasteiger partial charge on any atom is 0.185 e. The number of Topliss-reactive ketones (excluding diaryl/α,β-unsaturated/α-hetero) is 1. The number of nitriles is 1. The lowest BCUT2D eigenvalue weighted by Gasteiger charge is -2.11. The molecule has 0 heterocycles. The second-order valence-electron chi connectivity index (χ2n) is 4.46. The highest BCUT2D eigenvalue weighted by molar-refractivity contribution is 14.1. The molecule has 0 aliphatic carbocycles. The van der Waals surface area contributed by atoms with Crippen LogP contribution in [0.1, 0.15) is 27.4 Å². The number of carbonyl (C=O) groups is 1. The summed E-state index contributed by atoms with van der Waals surface area (Å²) in [6, 6.07) is 15.2. The number of nitrogens with zero attached hydrogens (tertiary/aromatic N) is 1. The summed E-state index contributed by atoms with van der Waals surface area (Å²) in [5.74, 6) is -0.929. The number of aryl methyl sites for hydroxylation is 1. The molecule has 0 amide bonds. The minimum Gasteiger partial charge on any atom is -0.292 e. The number of hydrogen-bond donors (Lipinski definition) is 0. The zero-order valence-corrected chi connectivity index (χ0v) is 14.5. The third-order valence-corrected chi connectivity index (χ3v) is 4.39. The minimum absolute atomic E-state index is 0.163. The van der Waals surface area contributed by atoms with Crippen LogP contribution in [0.3, 0.4) is 0 Å². The fraction of sp³-hybridized carbons (Fsp3) is 0.125. The number of halogens is 2. The molecule has 0 saturated carbocycles. The van der Waals surface area contributed by atoms with Crippen molar-refractivity contribution in [3.8, 4) is 6.07 Å². The lowest BCUT2D eigenvalue weighted by Crippen LogP contribution is -2.13. The molecule has 0 aliphatic heterocycles. The first-order chi connectivity index (χ1) is 9.52. The normalized spacial score (nSPS) is 11.7. The van der Waals surface area contributed by atoms with Crippen molar-refractivity contribution in [1.29, 1.82) is 5.26 Å². The molecule has 0 radical (unpaired) electrons. The molecule has 0 saturated heterocycles. The molecule has 0 fully saturated rings. The van der Waals surface area contributed by atoms with Gasteiger partial charge in [0, 0.05) is 13.6 Å². The highest BCUT2D eigenvalue weighted by Crippen LogP contribution is 2.26. The van der Waals surface area contributed by atoms with Crippen LogP contribution in [0.2, 0.25) is 0 Å². The predicted octanol–water partition coefficient (Wildman–Crippen LogP) is 4.85. The summed E-state index contributed by atoms with van der Waals surface area (Å²) < 4.78 is 1.69. The Balaban J connectivity index is 2.45. The van der Waals surface area contributed by atoms with Crippen molar-refractivity contribution < 1.29 is 4.79 Å². The SMILES string of the molecule is Cc1cccc(C(C#N)C(=O)c2cc(Br)ccc2I)c1. The van der Waals surface area contributed by atoms with Gasteiger partial charge in [-0.3, -0.25) is 4.79 Å². The Morgan fingerprint density at radius 1 is 1.30 bits per heavy atom. The second kappa shape index (κ2) is 6.51. The van der Waals surface area contributed by atoms with E-state index in [1.165, 1.54) is 0 Å². The van der Waals surface area contributed by atoms with Crippen LogP contribution < -0.4 is 0 Å². The van der Waals surface area contributed by atoms with Crippen LogP contribution in [0, 0.1) is 21.8 Å². The van der Waals surface area contributed by atoms with E-state index in [0.717, 1.165) is 19.2 Å². The fourth-order valence-corrected chi connectivity index (χ4v) is 2.94. The van der Waals surface area contributed by atoms with E-state index in [1.54, 1.807) is 6.07 Å². The lowest BCUT2D eigenvalue weighted by atomic mass is 9.91. The van der Waals surface area contributed by atoms with Crippen LogP contribution in [0.5, 0.6) is 0 Å². The zero-order valence-electron chi connectivity index (χ0n) is 10.7. The van der Waals surface area contributed by atoms with Crippen molar-refractivity contribution in [2.45, 2.75) is 12.8 Å². The van der Waals surface area contributed by atoms with E-state index in [1.807, 2.05) is 43.3 Å². The molecular weight excluding hydrogens is 429 g/mol. The Morgan fingerprint density at radius 3 is 2.70 bits per heavy atom. The Hall–Kier alpha value is -1.19. The number of benzene rings is 2. The second-order valence-corrected chi connectivity index (χ2v) is 6.54. The van der Waals surface area contributed by atoms with E-state index in [9.17, 15) is 10.1 Å². The number of ketones is 1. The largest absolute Gasteiger partial charge is 0.292 e. The summed E-state index contributed by atoms with van der Waals surface area (Å²) in [5.41, 5.74) is 2.36. The number of carbonyl (C=O) groups excluding carboxylic acids is 1. The average Bonchev–Trinajstić information content (AvgIpc) is 2.42. The van der Waals surface area contributed by atoms with E-state index in [4.69, 9.17) is 0 Å². The molecule has 0 N–H and O–H groups in total. The van der Waals surface area contributed by atoms with Gasteiger partial charge in [-0.05, 0) is 53.3 Å². The van der Waals surface area contributed by atoms with Gasteiger partial charge in [-0.2, -0.15) is 5.26 Å². The van der Waals surface area contributed by atoms with Gasteiger partial charge in [0.2, 0.25) is 0 Å². The molecule has 100 valence electrons.